The molecule has 2 amide bonds. The smallest absolute Gasteiger partial charge is 0.345 e. The summed E-state index contributed by atoms with van der Waals surface area (Å²) in [6, 6.07) is 23.9. The van der Waals surface area contributed by atoms with Crippen molar-refractivity contribution < 1.29 is 23.9 Å². The summed E-state index contributed by atoms with van der Waals surface area (Å²) in [6.45, 7) is 0. The standard InChI is InChI=1S/C27H20ClN3O5/c1-35-19-9-6-8-18(15-19)30-25(32)26(33)31-29-16-22-20-10-3-2-7-17(20)13-14-24(22)36-27(34)21-11-4-5-12-23(21)28/h2-16H,1H3,(H,30,32)(H,31,33)/b29-16+. The number of hydrogen-bond donors (Lipinski definition) is 2. The molecule has 0 radical (unpaired) electrons. The second-order valence-electron chi connectivity index (χ2n) is 7.45. The summed E-state index contributed by atoms with van der Waals surface area (Å²) < 4.78 is 10.7. The number of carbonyl (C=O) groups excluding carboxylic acids is 3. The molecule has 0 atom stereocenters. The third-order valence-corrected chi connectivity index (χ3v) is 5.45. The zero-order valence-electron chi connectivity index (χ0n) is 19.0. The minimum atomic E-state index is -0.982. The third-order valence-electron chi connectivity index (χ3n) is 5.12. The Morgan fingerprint density at radius 3 is 2.47 bits per heavy atom. The monoisotopic (exact) mass is 501 g/mol. The number of nitrogens with one attached hydrogen (secondary N) is 2. The molecule has 9 heteroatoms. The molecule has 0 saturated carbocycles. The highest BCUT2D eigenvalue weighted by atomic mass is 35.5. The fourth-order valence-electron chi connectivity index (χ4n) is 3.37. The number of ether oxygens (including phenoxy) is 2. The number of nitrogens with zero attached hydrogens (tertiary/aromatic N) is 1. The molecule has 0 aliphatic heterocycles. The number of carbonyl (C=O) groups is 3. The lowest BCUT2D eigenvalue weighted by Crippen LogP contribution is -2.32. The largest absolute Gasteiger partial charge is 0.497 e. The van der Waals surface area contributed by atoms with Gasteiger partial charge in [0.2, 0.25) is 0 Å². The predicted octanol–water partition coefficient (Wildman–Crippen LogP) is 4.81. The van der Waals surface area contributed by atoms with Crippen molar-refractivity contribution in [3.8, 4) is 11.5 Å². The number of anilines is 1. The number of amides is 2. The number of methoxy groups -OCH3 is 1. The Morgan fingerprint density at radius 2 is 1.67 bits per heavy atom. The van der Waals surface area contributed by atoms with Crippen LogP contribution in [0.2, 0.25) is 5.02 Å². The van der Waals surface area contributed by atoms with Crippen molar-refractivity contribution in [2.24, 2.45) is 5.10 Å². The fraction of sp³-hybridized carbons (Fsp3) is 0.0370. The van der Waals surface area contributed by atoms with Gasteiger partial charge < -0.3 is 14.8 Å². The third kappa shape index (κ3) is 5.68. The average molecular weight is 502 g/mol. The minimum Gasteiger partial charge on any atom is -0.497 e. The number of hydrazone groups is 1. The van der Waals surface area contributed by atoms with Crippen molar-refractivity contribution >= 4 is 52.1 Å². The van der Waals surface area contributed by atoms with Crippen molar-refractivity contribution in [2.45, 2.75) is 0 Å². The van der Waals surface area contributed by atoms with Crippen molar-refractivity contribution in [1.82, 2.24) is 5.43 Å². The number of benzene rings is 4. The van der Waals surface area contributed by atoms with Gasteiger partial charge in [0.1, 0.15) is 11.5 Å². The van der Waals surface area contributed by atoms with E-state index < -0.39 is 17.8 Å². The van der Waals surface area contributed by atoms with Gasteiger partial charge in [0.25, 0.3) is 0 Å². The van der Waals surface area contributed by atoms with Crippen LogP contribution in [0.3, 0.4) is 0 Å². The molecule has 4 rings (SSSR count). The van der Waals surface area contributed by atoms with E-state index in [1.807, 2.05) is 24.3 Å². The lowest BCUT2D eigenvalue weighted by atomic mass is 10.0. The first-order valence-corrected chi connectivity index (χ1v) is 11.1. The van der Waals surface area contributed by atoms with Crippen LogP contribution < -0.4 is 20.2 Å². The summed E-state index contributed by atoms with van der Waals surface area (Å²) in [5.41, 5.74) is 3.22. The highest BCUT2D eigenvalue weighted by Gasteiger charge is 2.17. The van der Waals surface area contributed by atoms with Crippen LogP contribution >= 0.6 is 11.6 Å². The zero-order chi connectivity index (χ0) is 25.5. The molecular formula is C27H20ClN3O5. The number of halogens is 1. The molecule has 0 fully saturated rings. The molecule has 4 aromatic carbocycles. The number of esters is 1. The van der Waals surface area contributed by atoms with E-state index in [-0.39, 0.29) is 16.3 Å². The van der Waals surface area contributed by atoms with Crippen LogP contribution in [-0.4, -0.2) is 31.1 Å². The summed E-state index contributed by atoms with van der Waals surface area (Å²) in [7, 11) is 1.50. The maximum Gasteiger partial charge on any atom is 0.345 e. The highest BCUT2D eigenvalue weighted by molar-refractivity contribution is 6.39. The Hall–Kier alpha value is -4.69. The van der Waals surface area contributed by atoms with Crippen LogP contribution in [0.1, 0.15) is 15.9 Å². The second kappa shape index (κ2) is 11.2. The first kappa shape index (κ1) is 24.4. The van der Waals surface area contributed by atoms with Gasteiger partial charge in [-0.3, -0.25) is 9.59 Å². The van der Waals surface area contributed by atoms with Crippen molar-refractivity contribution in [3.05, 3.63) is 101 Å². The second-order valence-corrected chi connectivity index (χ2v) is 7.86. The first-order chi connectivity index (χ1) is 17.5. The van der Waals surface area contributed by atoms with E-state index in [9.17, 15) is 14.4 Å². The normalized spacial score (nSPS) is 10.7. The molecule has 0 unspecified atom stereocenters. The van der Waals surface area contributed by atoms with Gasteiger partial charge in [-0.05, 0) is 41.1 Å². The molecule has 36 heavy (non-hydrogen) atoms. The quantitative estimate of drug-likeness (QED) is 0.130. The minimum absolute atomic E-state index is 0.206. The van der Waals surface area contributed by atoms with Crippen LogP contribution in [0, 0.1) is 0 Å². The number of hydrogen-bond acceptors (Lipinski definition) is 6. The lowest BCUT2D eigenvalue weighted by molar-refractivity contribution is -0.136. The van der Waals surface area contributed by atoms with Gasteiger partial charge in [0, 0.05) is 17.3 Å². The average Bonchev–Trinajstić information content (AvgIpc) is 2.89. The van der Waals surface area contributed by atoms with Crippen molar-refractivity contribution in [2.75, 3.05) is 12.4 Å². The van der Waals surface area contributed by atoms with Crippen LogP contribution in [0.15, 0.2) is 90.0 Å². The molecule has 2 N–H and O–H groups in total. The Bertz CT molecular complexity index is 1490. The van der Waals surface area contributed by atoms with Crippen LogP contribution in [0.4, 0.5) is 5.69 Å². The molecule has 8 nitrogen and oxygen atoms in total. The van der Waals surface area contributed by atoms with Crippen molar-refractivity contribution in [1.29, 1.82) is 0 Å². The molecule has 180 valence electrons. The highest BCUT2D eigenvalue weighted by Crippen LogP contribution is 2.28. The SMILES string of the molecule is COc1cccc(NC(=O)C(=O)N/N=C/c2c(OC(=O)c3ccccc3Cl)ccc3ccccc23)c1. The molecule has 0 aliphatic rings. The molecule has 0 spiro atoms. The number of rotatable bonds is 6. The fourth-order valence-corrected chi connectivity index (χ4v) is 3.59. The van der Waals surface area contributed by atoms with E-state index in [4.69, 9.17) is 21.1 Å². The Kier molecular flexibility index (Phi) is 7.57. The van der Waals surface area contributed by atoms with Gasteiger partial charge in [-0.1, -0.05) is 60.1 Å². The van der Waals surface area contributed by atoms with Crippen molar-refractivity contribution in [3.63, 3.8) is 0 Å². The maximum absolute atomic E-state index is 12.7. The van der Waals surface area contributed by atoms with E-state index in [1.165, 1.54) is 13.3 Å². The van der Waals surface area contributed by atoms with Gasteiger partial charge in [-0.25, -0.2) is 10.2 Å². The lowest BCUT2D eigenvalue weighted by Gasteiger charge is -2.11. The van der Waals surface area contributed by atoms with Crippen LogP contribution in [0.25, 0.3) is 10.8 Å². The molecule has 0 aliphatic carbocycles. The molecular weight excluding hydrogens is 482 g/mol. The van der Waals surface area contributed by atoms with E-state index in [0.717, 1.165) is 10.8 Å². The first-order valence-electron chi connectivity index (χ1n) is 10.7. The number of fused-ring (bicyclic) bond motifs is 1. The van der Waals surface area contributed by atoms with Gasteiger partial charge in [0.05, 0.1) is 23.9 Å². The Morgan fingerprint density at radius 1 is 0.889 bits per heavy atom. The topological polar surface area (TPSA) is 106 Å². The van der Waals surface area contributed by atoms with Gasteiger partial charge in [0.15, 0.2) is 0 Å². The van der Waals surface area contributed by atoms with Gasteiger partial charge >= 0.3 is 17.8 Å². The van der Waals surface area contributed by atoms with E-state index in [0.29, 0.717) is 17.0 Å². The molecule has 0 aromatic heterocycles. The molecule has 0 heterocycles. The van der Waals surface area contributed by atoms with E-state index >= 15 is 0 Å². The molecule has 0 saturated heterocycles. The van der Waals surface area contributed by atoms with Gasteiger partial charge in [-0.15, -0.1) is 0 Å². The summed E-state index contributed by atoms with van der Waals surface area (Å²) in [4.78, 5) is 37.3. The Labute approximate surface area is 211 Å². The maximum atomic E-state index is 12.7. The predicted molar refractivity (Wildman–Crippen MR) is 138 cm³/mol. The zero-order valence-corrected chi connectivity index (χ0v) is 19.8. The van der Waals surface area contributed by atoms with E-state index in [2.05, 4.69) is 15.8 Å². The summed E-state index contributed by atoms with van der Waals surface area (Å²) in [6.07, 6.45) is 1.31. The van der Waals surface area contributed by atoms with Gasteiger partial charge in [-0.2, -0.15) is 5.10 Å². The van der Waals surface area contributed by atoms with Crippen LogP contribution in [0.5, 0.6) is 11.5 Å². The molecule has 0 bridgehead atoms. The summed E-state index contributed by atoms with van der Waals surface area (Å²) in [5.74, 6) is -1.81. The summed E-state index contributed by atoms with van der Waals surface area (Å²) in [5, 5.41) is 8.23. The summed E-state index contributed by atoms with van der Waals surface area (Å²) >= 11 is 6.12. The Balaban J connectivity index is 1.54. The molecule has 4 aromatic rings. The van der Waals surface area contributed by atoms with E-state index in [1.54, 1.807) is 60.7 Å². The van der Waals surface area contributed by atoms with Crippen LogP contribution in [-0.2, 0) is 9.59 Å².